The Morgan fingerprint density at radius 3 is 2.66 bits per heavy atom. The summed E-state index contributed by atoms with van der Waals surface area (Å²) in [6.07, 6.45) is 4.25. The minimum Gasteiger partial charge on any atom is -0.493 e. The Labute approximate surface area is 170 Å². The standard InChI is InChI=1S/C23H25N3O3/c1-25-13-18(12-24-25)20-15-26(14-17-6-4-5-7-19(17)20)23(27)11-16-8-9-21(28-2)22(10-16)29-3/h4-10,12-13,20H,11,14-15H2,1-3H3. The van der Waals surface area contributed by atoms with Crippen LogP contribution in [0.3, 0.4) is 0 Å². The number of rotatable bonds is 5. The molecule has 6 nitrogen and oxygen atoms in total. The number of fused-ring (bicyclic) bond motifs is 1. The molecular weight excluding hydrogens is 366 g/mol. The van der Waals surface area contributed by atoms with Crippen molar-refractivity contribution in [2.24, 2.45) is 7.05 Å². The number of aromatic nitrogens is 2. The van der Waals surface area contributed by atoms with Crippen molar-refractivity contribution in [1.29, 1.82) is 0 Å². The number of amides is 1. The Morgan fingerprint density at radius 2 is 1.93 bits per heavy atom. The van der Waals surface area contributed by atoms with Crippen molar-refractivity contribution in [3.8, 4) is 11.5 Å². The maximum atomic E-state index is 13.1. The summed E-state index contributed by atoms with van der Waals surface area (Å²) in [7, 11) is 5.12. The lowest BCUT2D eigenvalue weighted by Crippen LogP contribution is -2.39. The first-order valence-corrected chi connectivity index (χ1v) is 9.64. The van der Waals surface area contributed by atoms with E-state index < -0.39 is 0 Å². The van der Waals surface area contributed by atoms with Crippen LogP contribution in [0.2, 0.25) is 0 Å². The second-order valence-electron chi connectivity index (χ2n) is 7.34. The number of nitrogens with zero attached hydrogens (tertiary/aromatic N) is 3. The molecule has 0 N–H and O–H groups in total. The van der Waals surface area contributed by atoms with Crippen LogP contribution < -0.4 is 9.47 Å². The fourth-order valence-electron chi connectivity index (χ4n) is 3.98. The summed E-state index contributed by atoms with van der Waals surface area (Å²) < 4.78 is 12.5. The second-order valence-corrected chi connectivity index (χ2v) is 7.34. The van der Waals surface area contributed by atoms with Crippen LogP contribution in [0.15, 0.2) is 54.9 Å². The minimum absolute atomic E-state index is 0.0978. The van der Waals surface area contributed by atoms with Crippen LogP contribution >= 0.6 is 0 Å². The molecule has 1 aliphatic heterocycles. The number of benzene rings is 2. The second kappa shape index (κ2) is 7.99. The first-order chi connectivity index (χ1) is 14.1. The van der Waals surface area contributed by atoms with Gasteiger partial charge in [0.25, 0.3) is 0 Å². The molecule has 2 heterocycles. The summed E-state index contributed by atoms with van der Waals surface area (Å²) in [5, 5.41) is 4.33. The van der Waals surface area contributed by atoms with Crippen LogP contribution in [0.25, 0.3) is 0 Å². The Balaban J connectivity index is 1.58. The van der Waals surface area contributed by atoms with E-state index in [0.29, 0.717) is 31.0 Å². The monoisotopic (exact) mass is 391 g/mol. The Bertz CT molecular complexity index is 1030. The highest BCUT2D eigenvalue weighted by atomic mass is 16.5. The lowest BCUT2D eigenvalue weighted by Gasteiger charge is -2.34. The Morgan fingerprint density at radius 1 is 1.14 bits per heavy atom. The van der Waals surface area contributed by atoms with E-state index in [-0.39, 0.29) is 11.8 Å². The molecule has 1 amide bonds. The highest BCUT2D eigenvalue weighted by Gasteiger charge is 2.29. The molecule has 1 aliphatic rings. The van der Waals surface area contributed by atoms with Gasteiger partial charge in [0, 0.05) is 32.3 Å². The molecule has 6 heteroatoms. The Kier molecular flexibility index (Phi) is 5.25. The predicted molar refractivity (Wildman–Crippen MR) is 110 cm³/mol. The lowest BCUT2D eigenvalue weighted by molar-refractivity contribution is -0.131. The topological polar surface area (TPSA) is 56.6 Å². The quantitative estimate of drug-likeness (QED) is 0.670. The third-order valence-electron chi connectivity index (χ3n) is 5.48. The van der Waals surface area contributed by atoms with Crippen LogP contribution in [0, 0.1) is 0 Å². The number of carbonyl (C=O) groups excluding carboxylic acids is 1. The fourth-order valence-corrected chi connectivity index (χ4v) is 3.98. The zero-order valence-corrected chi connectivity index (χ0v) is 17.0. The van der Waals surface area contributed by atoms with Gasteiger partial charge in [0.1, 0.15) is 0 Å². The van der Waals surface area contributed by atoms with E-state index in [0.717, 1.165) is 11.1 Å². The summed E-state index contributed by atoms with van der Waals surface area (Å²) in [5.41, 5.74) is 4.50. The summed E-state index contributed by atoms with van der Waals surface area (Å²) >= 11 is 0. The van der Waals surface area contributed by atoms with E-state index in [1.165, 1.54) is 11.1 Å². The van der Waals surface area contributed by atoms with Gasteiger partial charge in [-0.15, -0.1) is 0 Å². The maximum Gasteiger partial charge on any atom is 0.227 e. The molecule has 0 aliphatic carbocycles. The van der Waals surface area contributed by atoms with Gasteiger partial charge >= 0.3 is 0 Å². The molecule has 0 radical (unpaired) electrons. The van der Waals surface area contributed by atoms with Crippen molar-refractivity contribution in [1.82, 2.24) is 14.7 Å². The zero-order chi connectivity index (χ0) is 20.4. The summed E-state index contributed by atoms with van der Waals surface area (Å²) in [5.74, 6) is 1.52. The van der Waals surface area contributed by atoms with Gasteiger partial charge in [-0.1, -0.05) is 30.3 Å². The van der Waals surface area contributed by atoms with E-state index in [9.17, 15) is 4.79 Å². The molecule has 0 fully saturated rings. The largest absolute Gasteiger partial charge is 0.493 e. The highest BCUT2D eigenvalue weighted by molar-refractivity contribution is 5.79. The zero-order valence-electron chi connectivity index (χ0n) is 17.0. The van der Waals surface area contributed by atoms with E-state index in [4.69, 9.17) is 9.47 Å². The van der Waals surface area contributed by atoms with Crippen molar-refractivity contribution in [2.45, 2.75) is 18.9 Å². The molecule has 1 aromatic heterocycles. The molecule has 0 saturated heterocycles. The molecule has 0 spiro atoms. The van der Waals surface area contributed by atoms with Gasteiger partial charge in [-0.25, -0.2) is 0 Å². The van der Waals surface area contributed by atoms with Crippen LogP contribution in [0.4, 0.5) is 0 Å². The van der Waals surface area contributed by atoms with E-state index in [2.05, 4.69) is 23.3 Å². The number of hydrogen-bond acceptors (Lipinski definition) is 4. The average Bonchev–Trinajstić information content (AvgIpc) is 3.18. The van der Waals surface area contributed by atoms with Crippen LogP contribution in [0.5, 0.6) is 11.5 Å². The van der Waals surface area contributed by atoms with Gasteiger partial charge in [0.15, 0.2) is 11.5 Å². The fraction of sp³-hybridized carbons (Fsp3) is 0.304. The van der Waals surface area contributed by atoms with Crippen LogP contribution in [-0.4, -0.2) is 41.4 Å². The SMILES string of the molecule is COc1ccc(CC(=O)N2Cc3ccccc3C(c3cnn(C)c3)C2)cc1OC. The molecule has 0 bridgehead atoms. The molecule has 4 rings (SSSR count). The molecule has 1 unspecified atom stereocenters. The van der Waals surface area contributed by atoms with Gasteiger partial charge < -0.3 is 14.4 Å². The van der Waals surface area contributed by atoms with Gasteiger partial charge in [-0.2, -0.15) is 5.10 Å². The molecule has 29 heavy (non-hydrogen) atoms. The van der Waals surface area contributed by atoms with Gasteiger partial charge in [0.05, 0.1) is 26.8 Å². The third kappa shape index (κ3) is 3.83. The summed E-state index contributed by atoms with van der Waals surface area (Å²) in [6, 6.07) is 14.0. The lowest BCUT2D eigenvalue weighted by atomic mass is 9.86. The normalized spacial score (nSPS) is 15.7. The number of aryl methyl sites for hydroxylation is 1. The molecule has 2 aromatic carbocycles. The summed E-state index contributed by atoms with van der Waals surface area (Å²) in [6.45, 7) is 1.27. The first-order valence-electron chi connectivity index (χ1n) is 9.64. The number of hydrogen-bond donors (Lipinski definition) is 0. The number of ether oxygens (including phenoxy) is 2. The highest BCUT2D eigenvalue weighted by Crippen LogP contribution is 2.34. The summed E-state index contributed by atoms with van der Waals surface area (Å²) in [4.78, 5) is 15.1. The van der Waals surface area contributed by atoms with E-state index >= 15 is 0 Å². The smallest absolute Gasteiger partial charge is 0.227 e. The van der Waals surface area contributed by atoms with Crippen LogP contribution in [-0.2, 0) is 24.8 Å². The van der Waals surface area contributed by atoms with Crippen molar-refractivity contribution in [3.63, 3.8) is 0 Å². The molecular formula is C23H25N3O3. The number of carbonyl (C=O) groups is 1. The Hall–Kier alpha value is -3.28. The number of methoxy groups -OCH3 is 2. The van der Waals surface area contributed by atoms with E-state index in [1.807, 2.05) is 53.3 Å². The molecule has 150 valence electrons. The first kappa shape index (κ1) is 19.1. The van der Waals surface area contributed by atoms with Crippen molar-refractivity contribution < 1.29 is 14.3 Å². The third-order valence-corrected chi connectivity index (χ3v) is 5.48. The van der Waals surface area contributed by atoms with Gasteiger partial charge in [-0.3, -0.25) is 9.48 Å². The van der Waals surface area contributed by atoms with Crippen LogP contribution in [0.1, 0.15) is 28.2 Å². The van der Waals surface area contributed by atoms with Gasteiger partial charge in [-0.05, 0) is 34.4 Å². The predicted octanol–water partition coefficient (Wildman–Crippen LogP) is 3.15. The average molecular weight is 391 g/mol. The molecule has 1 atom stereocenters. The maximum absolute atomic E-state index is 13.1. The van der Waals surface area contributed by atoms with Gasteiger partial charge in [0.2, 0.25) is 5.91 Å². The van der Waals surface area contributed by atoms with E-state index in [1.54, 1.807) is 14.2 Å². The van der Waals surface area contributed by atoms with Crippen molar-refractivity contribution >= 4 is 5.91 Å². The van der Waals surface area contributed by atoms with Crippen molar-refractivity contribution in [2.75, 3.05) is 20.8 Å². The molecule has 0 saturated carbocycles. The van der Waals surface area contributed by atoms with Crippen molar-refractivity contribution in [3.05, 3.63) is 77.1 Å². The molecule has 3 aromatic rings. The minimum atomic E-state index is 0.0978.